The molecule has 0 spiro atoms. The third-order valence-corrected chi connectivity index (χ3v) is 3.43. The van der Waals surface area contributed by atoms with Gasteiger partial charge in [-0.15, -0.1) is 0 Å². The average Bonchev–Trinajstić information content (AvgIpc) is 2.39. The van der Waals surface area contributed by atoms with E-state index in [-0.39, 0.29) is 23.6 Å². The maximum absolute atomic E-state index is 11.9. The van der Waals surface area contributed by atoms with Crippen LogP contribution in [0.3, 0.4) is 0 Å². The van der Waals surface area contributed by atoms with E-state index in [9.17, 15) is 9.90 Å². The van der Waals surface area contributed by atoms with Crippen LogP contribution in [0.25, 0.3) is 0 Å². The minimum Gasteiger partial charge on any atom is -0.508 e. The van der Waals surface area contributed by atoms with Gasteiger partial charge in [-0.1, -0.05) is 32.4 Å². The van der Waals surface area contributed by atoms with Crippen LogP contribution in [0.2, 0.25) is 0 Å². The van der Waals surface area contributed by atoms with E-state index in [1.807, 2.05) is 32.9 Å². The Balaban J connectivity index is 2.48. The van der Waals surface area contributed by atoms with Crippen molar-refractivity contribution < 1.29 is 9.90 Å². The molecule has 0 bridgehead atoms. The molecule has 4 N–H and O–H groups in total. The molecule has 1 amide bonds. The van der Waals surface area contributed by atoms with Gasteiger partial charge in [-0.25, -0.2) is 0 Å². The summed E-state index contributed by atoms with van der Waals surface area (Å²) in [4.78, 5) is 11.9. The molecule has 1 aromatic carbocycles. The lowest BCUT2D eigenvalue weighted by molar-refractivity contribution is -0.124. The van der Waals surface area contributed by atoms with E-state index in [2.05, 4.69) is 5.32 Å². The van der Waals surface area contributed by atoms with E-state index in [4.69, 9.17) is 5.73 Å². The Kier molecular flexibility index (Phi) is 5.83. The second-order valence-electron chi connectivity index (χ2n) is 5.19. The van der Waals surface area contributed by atoms with Crippen molar-refractivity contribution >= 4 is 5.91 Å². The maximum Gasteiger partial charge on any atom is 0.237 e. The van der Waals surface area contributed by atoms with Crippen LogP contribution in [0.4, 0.5) is 0 Å². The largest absolute Gasteiger partial charge is 0.508 e. The molecule has 0 fully saturated rings. The Labute approximate surface area is 115 Å². The molecule has 1 aromatic rings. The second-order valence-corrected chi connectivity index (χ2v) is 5.19. The highest BCUT2D eigenvalue weighted by Crippen LogP contribution is 2.11. The number of phenols is 1. The number of carbonyl (C=O) groups is 1. The van der Waals surface area contributed by atoms with E-state index in [0.29, 0.717) is 0 Å². The van der Waals surface area contributed by atoms with E-state index in [1.165, 1.54) is 0 Å². The number of carbonyl (C=O) groups excluding carboxylic acids is 1. The molecule has 0 aromatic heterocycles. The molecule has 0 saturated heterocycles. The summed E-state index contributed by atoms with van der Waals surface area (Å²) in [7, 11) is 0. The summed E-state index contributed by atoms with van der Waals surface area (Å²) in [6.07, 6.45) is 1.61. The molecule has 0 aliphatic carbocycles. The van der Waals surface area contributed by atoms with Gasteiger partial charge in [-0.3, -0.25) is 4.79 Å². The fourth-order valence-corrected chi connectivity index (χ4v) is 1.89. The number of amides is 1. The molecule has 19 heavy (non-hydrogen) atoms. The lowest BCUT2D eigenvalue weighted by Crippen LogP contribution is -2.48. The first-order chi connectivity index (χ1) is 8.93. The number of rotatable bonds is 6. The smallest absolute Gasteiger partial charge is 0.237 e. The number of hydrogen-bond donors (Lipinski definition) is 3. The molecule has 3 atom stereocenters. The Morgan fingerprint density at radius 2 is 1.89 bits per heavy atom. The summed E-state index contributed by atoms with van der Waals surface area (Å²) in [5.41, 5.74) is 6.96. The van der Waals surface area contributed by atoms with Crippen LogP contribution in [0, 0.1) is 5.92 Å². The fraction of sp³-hybridized carbons (Fsp3) is 0.533. The monoisotopic (exact) mass is 264 g/mol. The van der Waals surface area contributed by atoms with E-state index in [1.54, 1.807) is 12.1 Å². The number of nitrogens with one attached hydrogen (secondary N) is 1. The first kappa shape index (κ1) is 15.5. The number of aromatic hydroxyl groups is 1. The number of benzene rings is 1. The van der Waals surface area contributed by atoms with Crippen LogP contribution in [-0.4, -0.2) is 23.1 Å². The highest BCUT2D eigenvalue weighted by Gasteiger charge is 2.20. The standard InChI is InChI=1S/C15H24N2O2/c1-4-10(2)14(16)15(19)17-11(3)9-12-5-7-13(18)8-6-12/h5-8,10-11,14,18H,4,9,16H2,1-3H3,(H,17,19). The zero-order valence-corrected chi connectivity index (χ0v) is 11.9. The normalized spacial score (nSPS) is 15.6. The van der Waals surface area contributed by atoms with Crippen LogP contribution >= 0.6 is 0 Å². The quantitative estimate of drug-likeness (QED) is 0.733. The highest BCUT2D eigenvalue weighted by atomic mass is 16.3. The van der Waals surface area contributed by atoms with Crippen molar-refractivity contribution in [3.63, 3.8) is 0 Å². The zero-order valence-electron chi connectivity index (χ0n) is 11.9. The summed E-state index contributed by atoms with van der Waals surface area (Å²) >= 11 is 0. The van der Waals surface area contributed by atoms with E-state index >= 15 is 0 Å². The Hall–Kier alpha value is -1.55. The predicted octanol–water partition coefficient (Wildman–Crippen LogP) is 1.81. The average molecular weight is 264 g/mol. The summed E-state index contributed by atoms with van der Waals surface area (Å²) < 4.78 is 0. The van der Waals surface area contributed by atoms with Crippen LogP contribution < -0.4 is 11.1 Å². The Morgan fingerprint density at radius 3 is 2.42 bits per heavy atom. The molecule has 0 saturated carbocycles. The predicted molar refractivity (Wildman–Crippen MR) is 76.8 cm³/mol. The molecule has 0 radical (unpaired) electrons. The second kappa shape index (κ2) is 7.14. The molecular formula is C15H24N2O2. The van der Waals surface area contributed by atoms with Gasteiger partial charge in [0.25, 0.3) is 0 Å². The van der Waals surface area contributed by atoms with Crippen molar-refractivity contribution in [2.75, 3.05) is 0 Å². The summed E-state index contributed by atoms with van der Waals surface area (Å²) in [5, 5.41) is 12.1. The van der Waals surface area contributed by atoms with Crippen molar-refractivity contribution in [1.82, 2.24) is 5.32 Å². The summed E-state index contributed by atoms with van der Waals surface area (Å²) in [6.45, 7) is 5.96. The molecule has 1 rings (SSSR count). The lowest BCUT2D eigenvalue weighted by Gasteiger charge is -2.21. The van der Waals surface area contributed by atoms with Crippen molar-refractivity contribution in [3.05, 3.63) is 29.8 Å². The number of nitrogens with two attached hydrogens (primary N) is 1. The van der Waals surface area contributed by atoms with E-state index < -0.39 is 6.04 Å². The van der Waals surface area contributed by atoms with Crippen LogP contribution in [-0.2, 0) is 11.2 Å². The number of hydrogen-bond acceptors (Lipinski definition) is 3. The fourth-order valence-electron chi connectivity index (χ4n) is 1.89. The van der Waals surface area contributed by atoms with Gasteiger partial charge in [-0.2, -0.15) is 0 Å². The number of phenolic OH excluding ortho intramolecular Hbond substituents is 1. The first-order valence-corrected chi connectivity index (χ1v) is 6.77. The highest BCUT2D eigenvalue weighted by molar-refractivity contribution is 5.82. The van der Waals surface area contributed by atoms with Gasteiger partial charge in [0.2, 0.25) is 5.91 Å². The van der Waals surface area contributed by atoms with Gasteiger partial charge in [-0.05, 0) is 37.0 Å². The van der Waals surface area contributed by atoms with Gasteiger partial charge in [0.1, 0.15) is 5.75 Å². The van der Waals surface area contributed by atoms with E-state index in [0.717, 1.165) is 18.4 Å². The van der Waals surface area contributed by atoms with Crippen LogP contribution in [0.1, 0.15) is 32.8 Å². The Morgan fingerprint density at radius 1 is 1.32 bits per heavy atom. The topological polar surface area (TPSA) is 75.4 Å². The molecule has 4 heteroatoms. The Bertz CT molecular complexity index is 403. The molecule has 0 aliphatic heterocycles. The SMILES string of the molecule is CCC(C)C(N)C(=O)NC(C)Cc1ccc(O)cc1. The van der Waals surface area contributed by atoms with Crippen molar-refractivity contribution in [2.45, 2.75) is 45.7 Å². The minimum absolute atomic E-state index is 0.0205. The van der Waals surface area contributed by atoms with Crippen LogP contribution in [0.15, 0.2) is 24.3 Å². The van der Waals surface area contributed by atoms with Gasteiger partial charge < -0.3 is 16.2 Å². The van der Waals surface area contributed by atoms with Gasteiger partial charge in [0, 0.05) is 6.04 Å². The zero-order chi connectivity index (χ0) is 14.4. The molecular weight excluding hydrogens is 240 g/mol. The van der Waals surface area contributed by atoms with Gasteiger partial charge >= 0.3 is 0 Å². The van der Waals surface area contributed by atoms with Crippen molar-refractivity contribution in [1.29, 1.82) is 0 Å². The summed E-state index contributed by atoms with van der Waals surface area (Å²) in [5.74, 6) is 0.334. The third kappa shape index (κ3) is 4.91. The molecule has 4 nitrogen and oxygen atoms in total. The van der Waals surface area contributed by atoms with Crippen molar-refractivity contribution in [3.8, 4) is 5.75 Å². The summed E-state index contributed by atoms with van der Waals surface area (Å²) in [6, 6.07) is 6.57. The minimum atomic E-state index is -0.452. The molecule has 0 aliphatic rings. The molecule has 0 heterocycles. The van der Waals surface area contributed by atoms with Gasteiger partial charge in [0.15, 0.2) is 0 Å². The lowest BCUT2D eigenvalue weighted by atomic mass is 9.98. The molecule has 106 valence electrons. The first-order valence-electron chi connectivity index (χ1n) is 6.77. The molecule has 3 unspecified atom stereocenters. The van der Waals surface area contributed by atoms with Gasteiger partial charge in [0.05, 0.1) is 6.04 Å². The van der Waals surface area contributed by atoms with Crippen LogP contribution in [0.5, 0.6) is 5.75 Å². The van der Waals surface area contributed by atoms with Crippen molar-refractivity contribution in [2.24, 2.45) is 11.7 Å². The maximum atomic E-state index is 11.9. The third-order valence-electron chi connectivity index (χ3n) is 3.43.